The van der Waals surface area contributed by atoms with Gasteiger partial charge in [-0.2, -0.15) is 0 Å². The molecule has 23 heavy (non-hydrogen) atoms. The van der Waals surface area contributed by atoms with E-state index in [1.165, 1.54) is 10.5 Å². The van der Waals surface area contributed by atoms with Crippen LogP contribution in [0.25, 0.3) is 0 Å². The minimum Gasteiger partial charge on any atom is -0.311 e. The molecule has 1 aliphatic rings. The van der Waals surface area contributed by atoms with E-state index in [4.69, 9.17) is 5.14 Å². The Morgan fingerprint density at radius 3 is 2.17 bits per heavy atom. The van der Waals surface area contributed by atoms with Crippen molar-refractivity contribution in [3.05, 3.63) is 65.7 Å². The molecule has 1 unspecified atom stereocenters. The summed E-state index contributed by atoms with van der Waals surface area (Å²) in [5.74, 6) is -0.208. The molecular formula is C17H18N2O3S. The molecule has 1 atom stereocenters. The number of sulfonamides is 1. The van der Waals surface area contributed by atoms with Crippen molar-refractivity contribution >= 4 is 21.6 Å². The average Bonchev–Trinajstić information content (AvgIpc) is 2.91. The number of nitrogens with zero attached hydrogens (tertiary/aromatic N) is 1. The highest BCUT2D eigenvalue weighted by Gasteiger charge is 2.37. The summed E-state index contributed by atoms with van der Waals surface area (Å²) >= 11 is 0. The summed E-state index contributed by atoms with van der Waals surface area (Å²) in [7, 11) is -3.69. The van der Waals surface area contributed by atoms with Crippen molar-refractivity contribution in [2.24, 2.45) is 5.14 Å². The lowest BCUT2D eigenvalue weighted by Gasteiger charge is -2.16. The lowest BCUT2D eigenvalue weighted by Crippen LogP contribution is -2.32. The predicted octanol–water partition coefficient (Wildman–Crippen LogP) is 1.67. The maximum absolute atomic E-state index is 12.0. The van der Waals surface area contributed by atoms with Crippen molar-refractivity contribution in [1.29, 1.82) is 0 Å². The smallest absolute Gasteiger partial charge is 0.228 e. The van der Waals surface area contributed by atoms with Gasteiger partial charge in [0.2, 0.25) is 15.9 Å². The summed E-state index contributed by atoms with van der Waals surface area (Å²) in [5.41, 5.74) is 3.05. The lowest BCUT2D eigenvalue weighted by molar-refractivity contribution is -0.117. The lowest BCUT2D eigenvalue weighted by atomic mass is 10.0. The third kappa shape index (κ3) is 3.60. The minimum atomic E-state index is -3.69. The second-order valence-electron chi connectivity index (χ2n) is 5.75. The Kier molecular flexibility index (Phi) is 4.19. The normalized spacial score (nSPS) is 18.4. The zero-order valence-corrected chi connectivity index (χ0v) is 13.4. The van der Waals surface area contributed by atoms with Gasteiger partial charge in [0, 0.05) is 18.7 Å². The molecule has 3 rings (SSSR count). The molecule has 0 saturated carbocycles. The molecule has 2 N–H and O–H groups in total. The van der Waals surface area contributed by atoms with Gasteiger partial charge in [-0.05, 0) is 29.7 Å². The van der Waals surface area contributed by atoms with Crippen molar-refractivity contribution in [1.82, 2.24) is 0 Å². The van der Waals surface area contributed by atoms with Crippen molar-refractivity contribution in [2.75, 3.05) is 11.4 Å². The van der Waals surface area contributed by atoms with E-state index in [0.29, 0.717) is 5.69 Å². The fourth-order valence-corrected chi connectivity index (χ4v) is 3.50. The molecule has 1 aliphatic heterocycles. The molecular weight excluding hydrogens is 312 g/mol. The number of nitrogens with two attached hydrogens (primary N) is 1. The number of benzene rings is 2. The number of rotatable bonds is 4. The van der Waals surface area contributed by atoms with E-state index >= 15 is 0 Å². The van der Waals surface area contributed by atoms with E-state index < -0.39 is 15.3 Å². The molecule has 5 nitrogen and oxygen atoms in total. The van der Waals surface area contributed by atoms with Gasteiger partial charge >= 0.3 is 0 Å². The largest absolute Gasteiger partial charge is 0.311 e. The third-order valence-corrected chi connectivity index (χ3v) is 5.30. The Balaban J connectivity index is 1.74. The number of carbonyl (C=O) groups excluding carboxylic acids is 1. The van der Waals surface area contributed by atoms with E-state index in [1.807, 2.05) is 42.5 Å². The highest BCUT2D eigenvalue weighted by Crippen LogP contribution is 2.25. The van der Waals surface area contributed by atoms with Gasteiger partial charge in [-0.25, -0.2) is 13.6 Å². The molecule has 2 aromatic rings. The summed E-state index contributed by atoms with van der Waals surface area (Å²) in [6.45, 7) is 0.121. The molecule has 1 amide bonds. The number of hydrogen-bond acceptors (Lipinski definition) is 3. The van der Waals surface area contributed by atoms with Crippen molar-refractivity contribution in [3.8, 4) is 0 Å². The first-order valence-corrected chi connectivity index (χ1v) is 8.99. The molecule has 2 aromatic carbocycles. The van der Waals surface area contributed by atoms with Gasteiger partial charge in [0.1, 0.15) is 5.25 Å². The molecule has 1 heterocycles. The summed E-state index contributed by atoms with van der Waals surface area (Å²) in [4.78, 5) is 13.5. The highest BCUT2D eigenvalue weighted by atomic mass is 32.2. The maximum Gasteiger partial charge on any atom is 0.228 e. The number of anilines is 1. The van der Waals surface area contributed by atoms with Crippen LogP contribution in [0.3, 0.4) is 0 Å². The van der Waals surface area contributed by atoms with Gasteiger partial charge in [-0.15, -0.1) is 0 Å². The van der Waals surface area contributed by atoms with E-state index in [9.17, 15) is 13.2 Å². The zero-order chi connectivity index (χ0) is 16.4. The van der Waals surface area contributed by atoms with Crippen LogP contribution in [0, 0.1) is 0 Å². The van der Waals surface area contributed by atoms with Crippen molar-refractivity contribution in [2.45, 2.75) is 18.1 Å². The topological polar surface area (TPSA) is 80.5 Å². The van der Waals surface area contributed by atoms with Crippen molar-refractivity contribution < 1.29 is 13.2 Å². The fourth-order valence-electron chi connectivity index (χ4n) is 2.77. The molecule has 120 valence electrons. The first-order chi connectivity index (χ1) is 10.9. The van der Waals surface area contributed by atoms with Crippen LogP contribution in [-0.4, -0.2) is 26.1 Å². The molecule has 0 aliphatic carbocycles. The van der Waals surface area contributed by atoms with Crippen LogP contribution in [0.15, 0.2) is 54.6 Å². The monoisotopic (exact) mass is 330 g/mol. The van der Waals surface area contributed by atoms with E-state index in [-0.39, 0.29) is 18.9 Å². The van der Waals surface area contributed by atoms with Gasteiger partial charge in [0.05, 0.1) is 0 Å². The molecule has 1 fully saturated rings. The molecule has 0 spiro atoms. The predicted molar refractivity (Wildman–Crippen MR) is 89.6 cm³/mol. The molecule has 0 aromatic heterocycles. The van der Waals surface area contributed by atoms with E-state index in [2.05, 4.69) is 12.1 Å². The minimum absolute atomic E-state index is 0.0510. The van der Waals surface area contributed by atoms with Crippen molar-refractivity contribution in [3.63, 3.8) is 0 Å². The van der Waals surface area contributed by atoms with Gasteiger partial charge in [0.15, 0.2) is 0 Å². The first-order valence-electron chi connectivity index (χ1n) is 7.38. The van der Waals surface area contributed by atoms with Gasteiger partial charge in [0.25, 0.3) is 0 Å². The molecule has 0 bridgehead atoms. The number of primary sulfonamides is 1. The second-order valence-corrected chi connectivity index (χ2v) is 7.59. The second kappa shape index (κ2) is 6.14. The summed E-state index contributed by atoms with van der Waals surface area (Å²) < 4.78 is 22.8. The first kappa shape index (κ1) is 15.7. The number of hydrogen-bond donors (Lipinski definition) is 1. The Morgan fingerprint density at radius 1 is 1.00 bits per heavy atom. The van der Waals surface area contributed by atoms with Crippen LogP contribution in [0.5, 0.6) is 0 Å². The fraction of sp³-hybridized carbons (Fsp3) is 0.235. The van der Waals surface area contributed by atoms with Crippen LogP contribution < -0.4 is 10.0 Å². The summed E-state index contributed by atoms with van der Waals surface area (Å²) in [6.07, 6.45) is 0.763. The SMILES string of the molecule is NS(=O)(=O)C1CC(=O)N(c2ccc(Cc3ccccc3)cc2)C1. The summed E-state index contributed by atoms with van der Waals surface area (Å²) in [5, 5.41) is 4.33. The van der Waals surface area contributed by atoms with Crippen LogP contribution in [0.4, 0.5) is 5.69 Å². The Morgan fingerprint density at radius 2 is 1.61 bits per heavy atom. The third-order valence-electron chi connectivity index (χ3n) is 4.05. The van der Waals surface area contributed by atoms with Crippen LogP contribution in [-0.2, 0) is 21.2 Å². The molecule has 1 saturated heterocycles. The number of amides is 1. The van der Waals surface area contributed by atoms with Crippen LogP contribution in [0.2, 0.25) is 0 Å². The zero-order valence-electron chi connectivity index (χ0n) is 12.6. The average molecular weight is 330 g/mol. The Hall–Kier alpha value is -2.18. The van der Waals surface area contributed by atoms with Gasteiger partial charge < -0.3 is 4.90 Å². The number of carbonyl (C=O) groups is 1. The quantitative estimate of drug-likeness (QED) is 0.926. The van der Waals surface area contributed by atoms with Crippen LogP contribution in [0.1, 0.15) is 17.5 Å². The van der Waals surface area contributed by atoms with Gasteiger partial charge in [-0.1, -0.05) is 42.5 Å². The van der Waals surface area contributed by atoms with E-state index in [1.54, 1.807) is 0 Å². The van der Waals surface area contributed by atoms with E-state index in [0.717, 1.165) is 12.0 Å². The highest BCUT2D eigenvalue weighted by molar-refractivity contribution is 7.89. The molecule has 0 radical (unpaired) electrons. The standard InChI is InChI=1S/C17H18N2O3S/c18-23(21,22)16-11-17(20)19(12-16)15-8-6-14(7-9-15)10-13-4-2-1-3-5-13/h1-9,16H,10-12H2,(H2,18,21,22). The Labute approximate surface area is 135 Å². The Bertz CT molecular complexity index is 801. The van der Waals surface area contributed by atoms with Gasteiger partial charge in [-0.3, -0.25) is 4.79 Å². The summed E-state index contributed by atoms with van der Waals surface area (Å²) in [6, 6.07) is 17.7. The molecule has 6 heteroatoms. The van der Waals surface area contributed by atoms with Crippen LogP contribution >= 0.6 is 0 Å². The maximum atomic E-state index is 12.0.